The largest absolute Gasteiger partial charge is 0.319 e. The molecule has 3 heteroatoms. The first kappa shape index (κ1) is 12.5. The second kappa shape index (κ2) is 5.15. The van der Waals surface area contributed by atoms with Crippen molar-refractivity contribution in [3.05, 3.63) is 35.1 Å². The van der Waals surface area contributed by atoms with Crippen molar-refractivity contribution in [1.29, 1.82) is 0 Å². The summed E-state index contributed by atoms with van der Waals surface area (Å²) in [4.78, 5) is 2.34. The Balaban J connectivity index is 2.32. The van der Waals surface area contributed by atoms with Gasteiger partial charge in [0, 0.05) is 6.04 Å². The van der Waals surface area contributed by atoms with Crippen LogP contribution in [0, 0.1) is 18.7 Å². The van der Waals surface area contributed by atoms with Crippen LogP contribution in [0.2, 0.25) is 0 Å². The molecule has 0 aliphatic carbocycles. The number of rotatable bonds is 3. The van der Waals surface area contributed by atoms with E-state index >= 15 is 0 Å². The Labute approximate surface area is 103 Å². The van der Waals surface area contributed by atoms with Gasteiger partial charge >= 0.3 is 0 Å². The molecule has 0 radical (unpaired) electrons. The van der Waals surface area contributed by atoms with Crippen molar-refractivity contribution in [2.24, 2.45) is 5.92 Å². The molecule has 2 unspecified atom stereocenters. The van der Waals surface area contributed by atoms with Gasteiger partial charge in [-0.15, -0.1) is 0 Å². The average Bonchev–Trinajstić information content (AvgIpc) is 2.64. The van der Waals surface area contributed by atoms with Gasteiger partial charge in [0.25, 0.3) is 0 Å². The Morgan fingerprint density at radius 2 is 2.24 bits per heavy atom. The first-order valence-electron chi connectivity index (χ1n) is 6.24. The number of nitrogens with one attached hydrogen (secondary N) is 1. The Hall–Kier alpha value is -0.930. The molecule has 1 aromatic carbocycles. The molecular weight excluding hydrogens is 215 g/mol. The molecule has 2 nitrogen and oxygen atoms in total. The highest BCUT2D eigenvalue weighted by molar-refractivity contribution is 5.31. The van der Waals surface area contributed by atoms with Crippen LogP contribution < -0.4 is 5.32 Å². The van der Waals surface area contributed by atoms with E-state index in [1.54, 1.807) is 12.1 Å². The van der Waals surface area contributed by atoms with Crippen LogP contribution >= 0.6 is 0 Å². The zero-order valence-electron chi connectivity index (χ0n) is 10.8. The lowest BCUT2D eigenvalue weighted by molar-refractivity contribution is 0.273. The summed E-state index contributed by atoms with van der Waals surface area (Å²) in [5.74, 6) is 0.444. The zero-order valence-corrected chi connectivity index (χ0v) is 10.8. The molecule has 1 aliphatic heterocycles. The molecule has 1 saturated heterocycles. The SMILES string of the molecule is CNCC1CCN(C)C1c1cc(F)ccc1C. The molecule has 1 aliphatic rings. The van der Waals surface area contributed by atoms with Crippen LogP contribution in [0.4, 0.5) is 4.39 Å². The minimum Gasteiger partial charge on any atom is -0.319 e. The maximum absolute atomic E-state index is 13.4. The summed E-state index contributed by atoms with van der Waals surface area (Å²) >= 11 is 0. The van der Waals surface area contributed by atoms with Gasteiger partial charge in [0.05, 0.1) is 0 Å². The Morgan fingerprint density at radius 3 is 2.94 bits per heavy atom. The normalized spacial score (nSPS) is 25.4. The summed E-state index contributed by atoms with van der Waals surface area (Å²) in [7, 11) is 4.11. The van der Waals surface area contributed by atoms with Crippen molar-refractivity contribution < 1.29 is 4.39 Å². The molecule has 2 atom stereocenters. The smallest absolute Gasteiger partial charge is 0.123 e. The van der Waals surface area contributed by atoms with Crippen molar-refractivity contribution in [2.75, 3.05) is 27.2 Å². The number of halogens is 1. The van der Waals surface area contributed by atoms with E-state index in [4.69, 9.17) is 0 Å². The molecule has 2 rings (SSSR count). The highest BCUT2D eigenvalue weighted by Crippen LogP contribution is 2.37. The topological polar surface area (TPSA) is 15.3 Å². The van der Waals surface area contributed by atoms with Gasteiger partial charge in [-0.25, -0.2) is 4.39 Å². The van der Waals surface area contributed by atoms with E-state index in [9.17, 15) is 4.39 Å². The summed E-state index contributed by atoms with van der Waals surface area (Å²) < 4.78 is 13.4. The van der Waals surface area contributed by atoms with E-state index in [-0.39, 0.29) is 5.82 Å². The van der Waals surface area contributed by atoms with Gasteiger partial charge in [0.15, 0.2) is 0 Å². The van der Waals surface area contributed by atoms with Crippen LogP contribution in [0.5, 0.6) is 0 Å². The zero-order chi connectivity index (χ0) is 12.4. The minimum absolute atomic E-state index is 0.130. The van der Waals surface area contributed by atoms with Gasteiger partial charge in [0.1, 0.15) is 5.82 Å². The fraction of sp³-hybridized carbons (Fsp3) is 0.571. The van der Waals surface area contributed by atoms with Gasteiger partial charge in [-0.05, 0) is 69.7 Å². The highest BCUT2D eigenvalue weighted by atomic mass is 19.1. The van der Waals surface area contributed by atoms with E-state index in [2.05, 4.69) is 24.2 Å². The summed E-state index contributed by atoms with van der Waals surface area (Å²) in [5, 5.41) is 3.24. The van der Waals surface area contributed by atoms with Crippen molar-refractivity contribution >= 4 is 0 Å². The first-order valence-corrected chi connectivity index (χ1v) is 6.24. The fourth-order valence-corrected chi connectivity index (χ4v) is 2.92. The van der Waals surface area contributed by atoms with Crippen LogP contribution in [-0.2, 0) is 0 Å². The number of hydrogen-bond acceptors (Lipinski definition) is 2. The fourth-order valence-electron chi connectivity index (χ4n) is 2.92. The molecule has 0 saturated carbocycles. The van der Waals surface area contributed by atoms with Gasteiger partial charge in [-0.1, -0.05) is 6.07 Å². The molecule has 0 amide bonds. The molecule has 17 heavy (non-hydrogen) atoms. The maximum Gasteiger partial charge on any atom is 0.123 e. The summed E-state index contributed by atoms with van der Waals surface area (Å²) in [6.45, 7) is 4.15. The van der Waals surface area contributed by atoms with Gasteiger partial charge in [-0.2, -0.15) is 0 Å². The summed E-state index contributed by atoms with van der Waals surface area (Å²) in [6, 6.07) is 5.47. The number of nitrogens with zero attached hydrogens (tertiary/aromatic N) is 1. The monoisotopic (exact) mass is 236 g/mol. The molecular formula is C14H21FN2. The first-order chi connectivity index (χ1) is 8.13. The number of benzene rings is 1. The van der Waals surface area contributed by atoms with Crippen molar-refractivity contribution in [3.63, 3.8) is 0 Å². The summed E-state index contributed by atoms with van der Waals surface area (Å²) in [6.07, 6.45) is 1.18. The molecule has 0 bridgehead atoms. The van der Waals surface area contributed by atoms with Crippen LogP contribution in [-0.4, -0.2) is 32.1 Å². The standard InChI is InChI=1S/C14H21FN2/c1-10-4-5-12(15)8-13(10)14-11(9-16-2)6-7-17(14)3/h4-5,8,11,14,16H,6-7,9H2,1-3H3. The number of aryl methyl sites for hydroxylation is 1. The minimum atomic E-state index is -0.130. The molecule has 0 aromatic heterocycles. The Bertz CT molecular complexity index is 390. The third-order valence-electron chi connectivity index (χ3n) is 3.80. The van der Waals surface area contributed by atoms with Crippen molar-refractivity contribution in [1.82, 2.24) is 10.2 Å². The second-order valence-electron chi connectivity index (χ2n) is 5.03. The lowest BCUT2D eigenvalue weighted by atomic mass is 9.91. The second-order valence-corrected chi connectivity index (χ2v) is 5.03. The highest BCUT2D eigenvalue weighted by Gasteiger charge is 2.33. The number of likely N-dealkylation sites (tertiary alicyclic amines) is 1. The van der Waals surface area contributed by atoms with Gasteiger partial charge in [-0.3, -0.25) is 4.90 Å². The van der Waals surface area contributed by atoms with Gasteiger partial charge in [0.2, 0.25) is 0 Å². The lowest BCUT2D eigenvalue weighted by Gasteiger charge is -2.27. The van der Waals surface area contributed by atoms with Crippen LogP contribution in [0.1, 0.15) is 23.6 Å². The maximum atomic E-state index is 13.4. The van der Waals surface area contributed by atoms with E-state index in [0.717, 1.165) is 18.7 Å². The van der Waals surface area contributed by atoms with Gasteiger partial charge < -0.3 is 5.32 Å². The van der Waals surface area contributed by atoms with E-state index in [1.165, 1.54) is 12.0 Å². The van der Waals surface area contributed by atoms with E-state index in [1.807, 2.05) is 13.1 Å². The van der Waals surface area contributed by atoms with Crippen molar-refractivity contribution in [3.8, 4) is 0 Å². The predicted octanol–water partition coefficient (Wildman–Crippen LogP) is 2.35. The van der Waals surface area contributed by atoms with E-state index < -0.39 is 0 Å². The molecule has 1 aromatic rings. The number of hydrogen-bond donors (Lipinski definition) is 1. The molecule has 1 heterocycles. The van der Waals surface area contributed by atoms with Crippen molar-refractivity contribution in [2.45, 2.75) is 19.4 Å². The van der Waals surface area contributed by atoms with E-state index in [0.29, 0.717) is 12.0 Å². The lowest BCUT2D eigenvalue weighted by Crippen LogP contribution is -2.27. The average molecular weight is 236 g/mol. The molecule has 1 N–H and O–H groups in total. The van der Waals surface area contributed by atoms with Crippen LogP contribution in [0.25, 0.3) is 0 Å². The molecule has 0 spiro atoms. The van der Waals surface area contributed by atoms with Crippen LogP contribution in [0.15, 0.2) is 18.2 Å². The van der Waals surface area contributed by atoms with Crippen LogP contribution in [0.3, 0.4) is 0 Å². The predicted molar refractivity (Wildman–Crippen MR) is 68.5 cm³/mol. The summed E-state index contributed by atoms with van der Waals surface area (Å²) in [5.41, 5.74) is 2.33. The quantitative estimate of drug-likeness (QED) is 0.866. The third-order valence-corrected chi connectivity index (χ3v) is 3.80. The molecule has 1 fully saturated rings. The molecule has 94 valence electrons. The third kappa shape index (κ3) is 2.50. The Morgan fingerprint density at radius 1 is 1.47 bits per heavy atom. The Kier molecular flexibility index (Phi) is 3.79.